The van der Waals surface area contributed by atoms with Crippen LogP contribution >= 0.6 is 0 Å². The Labute approximate surface area is 201 Å². The van der Waals surface area contributed by atoms with Crippen molar-refractivity contribution >= 4 is 23.6 Å². The first-order valence-corrected chi connectivity index (χ1v) is 11.2. The molecule has 0 bridgehead atoms. The monoisotopic (exact) mass is 454 g/mol. The summed E-state index contributed by atoms with van der Waals surface area (Å²) in [7, 11) is 1.36. The van der Waals surface area contributed by atoms with Crippen LogP contribution in [0.25, 0.3) is 0 Å². The molecule has 0 saturated carbocycles. The molecule has 3 rings (SSSR count). The number of allylic oxidation sites excluding steroid dienone is 4. The Morgan fingerprint density at radius 1 is 0.971 bits per heavy atom. The predicted octanol–water partition coefficient (Wildman–Crippen LogP) is 6.54. The number of rotatable bonds is 11. The van der Waals surface area contributed by atoms with Gasteiger partial charge >= 0.3 is 5.97 Å². The highest BCUT2D eigenvalue weighted by molar-refractivity contribution is 5.89. The van der Waals surface area contributed by atoms with Gasteiger partial charge in [-0.05, 0) is 54.8 Å². The van der Waals surface area contributed by atoms with E-state index in [9.17, 15) is 4.79 Å². The fraction of sp³-hybridized carbons (Fsp3) is 0.172. The van der Waals surface area contributed by atoms with Crippen molar-refractivity contribution in [1.82, 2.24) is 0 Å². The van der Waals surface area contributed by atoms with E-state index < -0.39 is 5.97 Å². The second-order valence-electron chi connectivity index (χ2n) is 7.44. The van der Waals surface area contributed by atoms with Crippen LogP contribution in [-0.4, -0.2) is 25.9 Å². The Hall–Kier alpha value is -4.12. The van der Waals surface area contributed by atoms with E-state index in [1.165, 1.54) is 18.2 Å². The van der Waals surface area contributed by atoms with Gasteiger partial charge in [-0.15, -0.1) is 0 Å². The minimum Gasteiger partial charge on any atom is -0.488 e. The molecule has 0 fully saturated rings. The quantitative estimate of drug-likeness (QED) is 0.203. The molecule has 0 radical (unpaired) electrons. The first kappa shape index (κ1) is 24.5. The van der Waals surface area contributed by atoms with Crippen molar-refractivity contribution in [3.05, 3.63) is 114 Å². The van der Waals surface area contributed by atoms with Gasteiger partial charge < -0.3 is 14.8 Å². The van der Waals surface area contributed by atoms with Crippen LogP contribution in [0.2, 0.25) is 0 Å². The summed E-state index contributed by atoms with van der Waals surface area (Å²) in [5.74, 6) is 0.190. The van der Waals surface area contributed by atoms with Gasteiger partial charge in [0.1, 0.15) is 12.4 Å². The number of carbonyl (C=O) groups is 1. The Bertz CT molecular complexity index is 1170. The molecule has 0 amide bonds. The van der Waals surface area contributed by atoms with Crippen molar-refractivity contribution in [2.24, 2.45) is 4.99 Å². The van der Waals surface area contributed by atoms with E-state index >= 15 is 0 Å². The van der Waals surface area contributed by atoms with Crippen LogP contribution in [0.1, 0.15) is 28.4 Å². The molecular formula is C29H30N2O3. The highest BCUT2D eigenvalue weighted by Gasteiger charge is 2.06. The van der Waals surface area contributed by atoms with Crippen molar-refractivity contribution in [2.45, 2.75) is 19.9 Å². The zero-order valence-electron chi connectivity index (χ0n) is 19.6. The van der Waals surface area contributed by atoms with Gasteiger partial charge in [0, 0.05) is 12.8 Å². The number of esters is 1. The minimum atomic E-state index is -0.394. The van der Waals surface area contributed by atoms with Gasteiger partial charge in [-0.1, -0.05) is 66.8 Å². The lowest BCUT2D eigenvalue weighted by molar-refractivity contribution is 0.0600. The molecule has 0 unspecified atom stereocenters. The third kappa shape index (κ3) is 7.48. The summed E-state index contributed by atoms with van der Waals surface area (Å²) in [6.45, 7) is 2.99. The molecule has 34 heavy (non-hydrogen) atoms. The largest absolute Gasteiger partial charge is 0.488 e. The lowest BCUT2D eigenvalue weighted by Crippen LogP contribution is -2.04. The lowest BCUT2D eigenvalue weighted by Gasteiger charge is -2.12. The van der Waals surface area contributed by atoms with E-state index in [-0.39, 0.29) is 6.61 Å². The number of benzene rings is 3. The first-order valence-electron chi connectivity index (χ1n) is 11.2. The number of hydrogen-bond donors (Lipinski definition) is 1. The van der Waals surface area contributed by atoms with Gasteiger partial charge in [-0.3, -0.25) is 4.99 Å². The fourth-order valence-corrected chi connectivity index (χ4v) is 3.34. The van der Waals surface area contributed by atoms with Gasteiger partial charge in [0.15, 0.2) is 0 Å². The van der Waals surface area contributed by atoms with Crippen LogP contribution in [-0.2, 0) is 17.7 Å². The number of anilines is 1. The van der Waals surface area contributed by atoms with E-state index in [1.807, 2.05) is 43.3 Å². The maximum absolute atomic E-state index is 11.7. The van der Waals surface area contributed by atoms with E-state index in [0.29, 0.717) is 17.9 Å². The summed E-state index contributed by atoms with van der Waals surface area (Å²) >= 11 is 0. The van der Waals surface area contributed by atoms with Gasteiger partial charge in [-0.2, -0.15) is 0 Å². The second kappa shape index (κ2) is 13.4. The van der Waals surface area contributed by atoms with Crippen molar-refractivity contribution < 1.29 is 14.3 Å². The van der Waals surface area contributed by atoms with Crippen molar-refractivity contribution in [1.29, 1.82) is 0 Å². The molecular weight excluding hydrogens is 424 g/mol. The zero-order valence-corrected chi connectivity index (χ0v) is 19.6. The lowest BCUT2D eigenvalue weighted by atomic mass is 10.0. The molecule has 1 N–H and O–H groups in total. The fourth-order valence-electron chi connectivity index (χ4n) is 3.34. The van der Waals surface area contributed by atoms with E-state index in [0.717, 1.165) is 17.8 Å². The highest BCUT2D eigenvalue weighted by atomic mass is 16.5. The molecule has 174 valence electrons. The second-order valence-corrected chi connectivity index (χ2v) is 7.44. The molecule has 0 aliphatic carbocycles. The third-order valence-corrected chi connectivity index (χ3v) is 5.08. The van der Waals surface area contributed by atoms with Gasteiger partial charge in [-0.25, -0.2) is 4.79 Å². The molecule has 0 aliphatic heterocycles. The van der Waals surface area contributed by atoms with Crippen LogP contribution in [0.15, 0.2) is 102 Å². The highest BCUT2D eigenvalue weighted by Crippen LogP contribution is 2.25. The number of nitrogens with one attached hydrogen (secondary N) is 1. The molecule has 0 atom stereocenters. The molecule has 3 aromatic rings. The number of methoxy groups -OCH3 is 1. The summed E-state index contributed by atoms with van der Waals surface area (Å²) in [6.07, 6.45) is 10.9. The maximum Gasteiger partial charge on any atom is 0.337 e. The van der Waals surface area contributed by atoms with Crippen LogP contribution in [0.4, 0.5) is 11.4 Å². The Kier molecular flexibility index (Phi) is 9.69. The number of hydrogen-bond acceptors (Lipinski definition) is 5. The standard InChI is InChI=1S/C29H30N2O3/c1-3-4-5-6-12-23-13-7-8-14-25(23)22-31-28-18-10-9-17-27(28)30-19-20-34-26-16-11-15-24(21-26)29(32)33-2/h3-11,13-19,21,31H,12,20,22H2,1-2H3/b4-3-,6-5-,30-19?. The number of ether oxygens (including phenoxy) is 2. The number of nitrogens with zero attached hydrogens (tertiary/aromatic N) is 1. The average molecular weight is 455 g/mol. The molecule has 5 heteroatoms. The molecule has 0 aliphatic rings. The van der Waals surface area contributed by atoms with E-state index in [1.54, 1.807) is 30.5 Å². The third-order valence-electron chi connectivity index (χ3n) is 5.08. The Morgan fingerprint density at radius 3 is 2.59 bits per heavy atom. The summed E-state index contributed by atoms with van der Waals surface area (Å²) in [5.41, 5.74) is 4.77. The Balaban J connectivity index is 1.60. The maximum atomic E-state index is 11.7. The molecule has 0 aromatic heterocycles. The molecule has 0 heterocycles. The Morgan fingerprint density at radius 2 is 1.76 bits per heavy atom. The molecule has 0 saturated heterocycles. The number of aliphatic imine (C=N–C) groups is 1. The van der Waals surface area contributed by atoms with Gasteiger partial charge in [0.25, 0.3) is 0 Å². The zero-order chi connectivity index (χ0) is 24.0. The summed E-state index contributed by atoms with van der Waals surface area (Å²) in [6, 6.07) is 23.2. The van der Waals surface area contributed by atoms with Crippen molar-refractivity contribution in [3.8, 4) is 5.75 Å². The van der Waals surface area contributed by atoms with E-state index in [4.69, 9.17) is 9.47 Å². The molecule has 0 spiro atoms. The van der Waals surface area contributed by atoms with Crippen molar-refractivity contribution in [2.75, 3.05) is 19.0 Å². The van der Waals surface area contributed by atoms with Gasteiger partial charge in [0.05, 0.1) is 24.0 Å². The summed E-state index contributed by atoms with van der Waals surface area (Å²) in [4.78, 5) is 16.2. The smallest absolute Gasteiger partial charge is 0.337 e. The molecule has 3 aromatic carbocycles. The number of carbonyl (C=O) groups excluding carboxylic acids is 1. The summed E-state index contributed by atoms with van der Waals surface area (Å²) in [5, 5.41) is 3.51. The number of para-hydroxylation sites is 2. The predicted molar refractivity (Wildman–Crippen MR) is 139 cm³/mol. The SMILES string of the molecule is C/C=C\C=C/Cc1ccccc1CNc1ccccc1N=CCOc1cccc(C(=O)OC)c1. The van der Waals surface area contributed by atoms with Crippen LogP contribution < -0.4 is 10.1 Å². The first-order chi connectivity index (χ1) is 16.7. The van der Waals surface area contributed by atoms with Crippen molar-refractivity contribution in [3.63, 3.8) is 0 Å². The van der Waals surface area contributed by atoms with Crippen LogP contribution in [0.5, 0.6) is 5.75 Å². The van der Waals surface area contributed by atoms with Crippen LogP contribution in [0.3, 0.4) is 0 Å². The molecule has 5 nitrogen and oxygen atoms in total. The normalized spacial score (nSPS) is 11.4. The van der Waals surface area contributed by atoms with E-state index in [2.05, 4.69) is 46.7 Å². The average Bonchev–Trinajstić information content (AvgIpc) is 2.88. The topological polar surface area (TPSA) is 59.9 Å². The summed E-state index contributed by atoms with van der Waals surface area (Å²) < 4.78 is 10.5. The van der Waals surface area contributed by atoms with Crippen LogP contribution in [0, 0.1) is 0 Å². The van der Waals surface area contributed by atoms with Gasteiger partial charge in [0.2, 0.25) is 0 Å². The minimum absolute atomic E-state index is 0.278.